The average molecular weight is 483 g/mol. The SMILES string of the molecule is CCCCCCCc1c(C)c(C)c(-c2cc3cn(C4CC(O)C(CO)O4)c(=O)nc3o2)c(C)c1C. The van der Waals surface area contributed by atoms with Crippen LogP contribution in [0, 0.1) is 27.7 Å². The summed E-state index contributed by atoms with van der Waals surface area (Å²) in [5.41, 5.74) is 7.26. The zero-order valence-electron chi connectivity index (χ0n) is 21.6. The van der Waals surface area contributed by atoms with Gasteiger partial charge in [0.15, 0.2) is 0 Å². The Kier molecular flexibility index (Phi) is 7.79. The van der Waals surface area contributed by atoms with Crippen molar-refractivity contribution >= 4 is 11.1 Å². The number of benzene rings is 1. The Morgan fingerprint density at radius 1 is 1.06 bits per heavy atom. The third kappa shape index (κ3) is 4.95. The van der Waals surface area contributed by atoms with Gasteiger partial charge in [-0.15, -0.1) is 0 Å². The van der Waals surface area contributed by atoms with Crippen molar-refractivity contribution in [1.82, 2.24) is 9.55 Å². The molecule has 2 aromatic heterocycles. The molecule has 7 nitrogen and oxygen atoms in total. The number of unbranched alkanes of at least 4 members (excludes halogenated alkanes) is 4. The molecule has 7 heteroatoms. The van der Waals surface area contributed by atoms with Gasteiger partial charge in [-0.05, 0) is 74.4 Å². The van der Waals surface area contributed by atoms with Crippen LogP contribution in [0.3, 0.4) is 0 Å². The summed E-state index contributed by atoms with van der Waals surface area (Å²) in [7, 11) is 0. The van der Waals surface area contributed by atoms with Gasteiger partial charge in [0.05, 0.1) is 18.1 Å². The Bertz CT molecular complexity index is 1230. The van der Waals surface area contributed by atoms with Crippen LogP contribution in [0.5, 0.6) is 0 Å². The summed E-state index contributed by atoms with van der Waals surface area (Å²) in [5.74, 6) is 0.695. The second-order valence-corrected chi connectivity index (χ2v) is 9.93. The lowest BCUT2D eigenvalue weighted by Gasteiger charge is -2.19. The molecule has 1 aromatic carbocycles. The van der Waals surface area contributed by atoms with E-state index in [9.17, 15) is 15.0 Å². The molecular weight excluding hydrogens is 444 g/mol. The van der Waals surface area contributed by atoms with Crippen LogP contribution in [0.2, 0.25) is 0 Å². The number of aromatic nitrogens is 2. The molecule has 3 heterocycles. The molecule has 0 radical (unpaired) electrons. The van der Waals surface area contributed by atoms with Crippen molar-refractivity contribution in [3.05, 3.63) is 50.6 Å². The Morgan fingerprint density at radius 2 is 1.74 bits per heavy atom. The Morgan fingerprint density at radius 3 is 2.37 bits per heavy atom. The first-order chi connectivity index (χ1) is 16.8. The summed E-state index contributed by atoms with van der Waals surface area (Å²) in [5, 5.41) is 20.1. The first-order valence-corrected chi connectivity index (χ1v) is 12.8. The minimum absolute atomic E-state index is 0.222. The van der Waals surface area contributed by atoms with E-state index in [-0.39, 0.29) is 18.7 Å². The molecule has 4 rings (SSSR count). The molecule has 3 unspecified atom stereocenters. The van der Waals surface area contributed by atoms with Crippen molar-refractivity contribution in [3.63, 3.8) is 0 Å². The standard InChI is InChI=1S/C28H38N2O5/c1-6-7-8-9-10-11-21-16(2)18(4)26(19(5)17(21)3)23-12-20-14-30(28(33)29-27(20)35-23)25-13-22(32)24(15-31)34-25/h12,14,22,24-25,31-32H,6-11,13,15H2,1-5H3. The number of furan rings is 1. The quantitative estimate of drug-likeness (QED) is 0.415. The second kappa shape index (κ2) is 10.6. The van der Waals surface area contributed by atoms with Gasteiger partial charge in [0, 0.05) is 18.2 Å². The Hall–Kier alpha value is -2.48. The van der Waals surface area contributed by atoms with Gasteiger partial charge in [0.2, 0.25) is 5.71 Å². The van der Waals surface area contributed by atoms with Crippen LogP contribution in [0.1, 0.15) is 79.5 Å². The van der Waals surface area contributed by atoms with Crippen LogP contribution in [0.25, 0.3) is 22.4 Å². The van der Waals surface area contributed by atoms with E-state index in [1.54, 1.807) is 6.20 Å². The van der Waals surface area contributed by atoms with Gasteiger partial charge in [-0.2, -0.15) is 4.98 Å². The van der Waals surface area contributed by atoms with Crippen molar-refractivity contribution in [2.45, 2.75) is 98.0 Å². The highest BCUT2D eigenvalue weighted by Gasteiger charge is 2.35. The number of ether oxygens (including phenoxy) is 1. The minimum Gasteiger partial charge on any atom is -0.437 e. The first-order valence-electron chi connectivity index (χ1n) is 12.8. The highest BCUT2D eigenvalue weighted by Crippen LogP contribution is 2.37. The van der Waals surface area contributed by atoms with Crippen molar-refractivity contribution < 1.29 is 19.4 Å². The fourth-order valence-corrected chi connectivity index (χ4v) is 5.34. The fourth-order valence-electron chi connectivity index (χ4n) is 5.34. The maximum Gasteiger partial charge on any atom is 0.353 e. The summed E-state index contributed by atoms with van der Waals surface area (Å²) < 4.78 is 13.1. The van der Waals surface area contributed by atoms with E-state index in [1.807, 2.05) is 6.07 Å². The zero-order chi connectivity index (χ0) is 25.3. The lowest BCUT2D eigenvalue weighted by Crippen LogP contribution is -2.27. The number of aliphatic hydroxyl groups excluding tert-OH is 2. The maximum atomic E-state index is 12.7. The molecule has 3 atom stereocenters. The lowest BCUT2D eigenvalue weighted by molar-refractivity contribution is -0.0457. The molecule has 0 bridgehead atoms. The molecule has 1 aliphatic heterocycles. The summed E-state index contributed by atoms with van der Waals surface area (Å²) in [6, 6.07) is 1.92. The molecule has 0 aliphatic carbocycles. The summed E-state index contributed by atoms with van der Waals surface area (Å²) in [6.07, 6.45) is 7.10. The summed E-state index contributed by atoms with van der Waals surface area (Å²) >= 11 is 0. The van der Waals surface area contributed by atoms with Crippen LogP contribution >= 0.6 is 0 Å². The molecule has 1 aliphatic rings. The molecular formula is C28H38N2O5. The molecule has 0 amide bonds. The number of rotatable bonds is 9. The molecule has 35 heavy (non-hydrogen) atoms. The highest BCUT2D eigenvalue weighted by molar-refractivity contribution is 5.82. The third-order valence-electron chi connectivity index (χ3n) is 7.69. The molecule has 3 aromatic rings. The maximum absolute atomic E-state index is 12.7. The van der Waals surface area contributed by atoms with Crippen LogP contribution in [0.4, 0.5) is 0 Å². The Labute approximate surface area is 206 Å². The van der Waals surface area contributed by atoms with Gasteiger partial charge in [0.25, 0.3) is 0 Å². The number of fused-ring (bicyclic) bond motifs is 1. The van der Waals surface area contributed by atoms with E-state index in [0.29, 0.717) is 11.1 Å². The zero-order valence-corrected chi connectivity index (χ0v) is 21.6. The van der Waals surface area contributed by atoms with Gasteiger partial charge in [0.1, 0.15) is 18.1 Å². The lowest BCUT2D eigenvalue weighted by atomic mass is 9.86. The molecule has 0 saturated carbocycles. The van der Waals surface area contributed by atoms with Crippen molar-refractivity contribution in [1.29, 1.82) is 0 Å². The van der Waals surface area contributed by atoms with E-state index in [0.717, 1.165) is 12.0 Å². The van der Waals surface area contributed by atoms with E-state index in [1.165, 1.54) is 64.5 Å². The number of hydrogen-bond donors (Lipinski definition) is 2. The van der Waals surface area contributed by atoms with Crippen LogP contribution in [-0.2, 0) is 11.2 Å². The fraction of sp³-hybridized carbons (Fsp3) is 0.571. The first kappa shape index (κ1) is 25.6. The van der Waals surface area contributed by atoms with Crippen molar-refractivity contribution in [2.24, 2.45) is 0 Å². The highest BCUT2D eigenvalue weighted by atomic mass is 16.5. The molecule has 1 fully saturated rings. The van der Waals surface area contributed by atoms with E-state index in [4.69, 9.17) is 9.15 Å². The summed E-state index contributed by atoms with van der Waals surface area (Å²) in [6.45, 7) is 10.6. The minimum atomic E-state index is -0.825. The van der Waals surface area contributed by atoms with Crippen LogP contribution in [-0.4, -0.2) is 38.6 Å². The van der Waals surface area contributed by atoms with Gasteiger partial charge >= 0.3 is 5.69 Å². The smallest absolute Gasteiger partial charge is 0.353 e. The van der Waals surface area contributed by atoms with E-state index in [2.05, 4.69) is 39.6 Å². The van der Waals surface area contributed by atoms with Crippen LogP contribution in [0.15, 0.2) is 21.5 Å². The molecule has 2 N–H and O–H groups in total. The predicted octanol–water partition coefficient (Wildman–Crippen LogP) is 5.04. The number of aliphatic hydroxyl groups is 2. The molecule has 0 spiro atoms. The van der Waals surface area contributed by atoms with Crippen molar-refractivity contribution in [2.75, 3.05) is 6.61 Å². The molecule has 1 saturated heterocycles. The predicted molar refractivity (Wildman–Crippen MR) is 137 cm³/mol. The van der Waals surface area contributed by atoms with Gasteiger partial charge in [-0.1, -0.05) is 32.6 Å². The van der Waals surface area contributed by atoms with Gasteiger partial charge in [-0.25, -0.2) is 4.79 Å². The summed E-state index contributed by atoms with van der Waals surface area (Å²) in [4.78, 5) is 16.8. The van der Waals surface area contributed by atoms with Gasteiger partial charge in [-0.3, -0.25) is 4.57 Å². The topological polar surface area (TPSA) is 97.7 Å². The average Bonchev–Trinajstić information content (AvgIpc) is 3.41. The normalized spacial score (nSPS) is 20.3. The number of hydrogen-bond acceptors (Lipinski definition) is 6. The number of nitrogens with zero attached hydrogens (tertiary/aromatic N) is 2. The van der Waals surface area contributed by atoms with Gasteiger partial charge < -0.3 is 19.4 Å². The van der Waals surface area contributed by atoms with Crippen LogP contribution < -0.4 is 5.69 Å². The van der Waals surface area contributed by atoms with E-state index >= 15 is 0 Å². The third-order valence-corrected chi connectivity index (χ3v) is 7.69. The Balaban J connectivity index is 1.67. The monoisotopic (exact) mass is 482 g/mol. The molecule has 190 valence electrons. The van der Waals surface area contributed by atoms with Crippen molar-refractivity contribution in [3.8, 4) is 11.3 Å². The second-order valence-electron chi connectivity index (χ2n) is 9.93. The largest absolute Gasteiger partial charge is 0.437 e. The van der Waals surface area contributed by atoms with E-state index < -0.39 is 24.1 Å².